The SMILES string of the molecule is COc1cc(C(=O)OCC(=O)NC(C)C23CC4CC(CC(C4)C2)C3)ccc1OC(F)F. The Morgan fingerprint density at radius 2 is 1.71 bits per heavy atom. The number of alkyl halides is 2. The molecule has 0 saturated heterocycles. The Bertz CT molecular complexity index is 808. The number of rotatable bonds is 8. The van der Waals surface area contributed by atoms with Crippen molar-refractivity contribution in [3.8, 4) is 11.5 Å². The molecule has 0 aliphatic heterocycles. The Hall–Kier alpha value is -2.38. The lowest BCUT2D eigenvalue weighted by atomic mass is 9.48. The van der Waals surface area contributed by atoms with Gasteiger partial charge in [0.05, 0.1) is 12.7 Å². The Balaban J connectivity index is 1.31. The first-order chi connectivity index (χ1) is 14.8. The molecule has 0 spiro atoms. The van der Waals surface area contributed by atoms with E-state index in [1.165, 1.54) is 63.8 Å². The Labute approximate surface area is 180 Å². The molecule has 4 aliphatic rings. The average Bonchev–Trinajstić information content (AvgIpc) is 2.71. The van der Waals surface area contributed by atoms with E-state index >= 15 is 0 Å². The summed E-state index contributed by atoms with van der Waals surface area (Å²) in [6, 6.07) is 3.78. The van der Waals surface area contributed by atoms with E-state index in [1.807, 2.05) is 0 Å². The van der Waals surface area contributed by atoms with Crippen LogP contribution < -0.4 is 14.8 Å². The average molecular weight is 437 g/mol. The smallest absolute Gasteiger partial charge is 0.387 e. The fraction of sp³-hybridized carbons (Fsp3) is 0.652. The maximum atomic E-state index is 12.5. The van der Waals surface area contributed by atoms with Gasteiger partial charge in [0.15, 0.2) is 18.1 Å². The van der Waals surface area contributed by atoms with Crippen molar-refractivity contribution in [2.75, 3.05) is 13.7 Å². The highest BCUT2D eigenvalue weighted by atomic mass is 19.3. The van der Waals surface area contributed by atoms with E-state index in [-0.39, 0.29) is 34.4 Å². The zero-order valence-electron chi connectivity index (χ0n) is 17.9. The monoisotopic (exact) mass is 437 g/mol. The van der Waals surface area contributed by atoms with Crippen molar-refractivity contribution in [3.63, 3.8) is 0 Å². The molecule has 5 rings (SSSR count). The van der Waals surface area contributed by atoms with E-state index in [1.54, 1.807) is 0 Å². The maximum absolute atomic E-state index is 12.5. The second-order valence-corrected chi connectivity index (χ2v) is 9.39. The van der Waals surface area contributed by atoms with Gasteiger partial charge in [0, 0.05) is 6.04 Å². The number of hydrogen-bond donors (Lipinski definition) is 1. The van der Waals surface area contributed by atoms with Gasteiger partial charge in [-0.3, -0.25) is 4.79 Å². The molecule has 4 aliphatic carbocycles. The summed E-state index contributed by atoms with van der Waals surface area (Å²) in [5, 5.41) is 3.05. The van der Waals surface area contributed by atoms with Crippen LogP contribution in [0.4, 0.5) is 8.78 Å². The molecule has 6 nitrogen and oxygen atoms in total. The van der Waals surface area contributed by atoms with E-state index < -0.39 is 19.2 Å². The lowest BCUT2D eigenvalue weighted by molar-refractivity contribution is -0.128. The van der Waals surface area contributed by atoms with Gasteiger partial charge in [0.2, 0.25) is 0 Å². The van der Waals surface area contributed by atoms with Crippen molar-refractivity contribution in [1.29, 1.82) is 0 Å². The van der Waals surface area contributed by atoms with Crippen LogP contribution in [0.5, 0.6) is 11.5 Å². The summed E-state index contributed by atoms with van der Waals surface area (Å²) in [5.74, 6) is 1.09. The van der Waals surface area contributed by atoms with Gasteiger partial charge in [-0.2, -0.15) is 8.78 Å². The van der Waals surface area contributed by atoms with Crippen molar-refractivity contribution in [3.05, 3.63) is 23.8 Å². The van der Waals surface area contributed by atoms with Crippen LogP contribution in [0.2, 0.25) is 0 Å². The van der Waals surface area contributed by atoms with Gasteiger partial charge in [0.25, 0.3) is 5.91 Å². The molecule has 1 aromatic carbocycles. The largest absolute Gasteiger partial charge is 0.493 e. The van der Waals surface area contributed by atoms with E-state index in [4.69, 9.17) is 9.47 Å². The molecule has 1 N–H and O–H groups in total. The topological polar surface area (TPSA) is 73.9 Å². The third kappa shape index (κ3) is 4.62. The predicted octanol–water partition coefficient (Wildman–Crippen LogP) is 4.17. The molecule has 0 heterocycles. The summed E-state index contributed by atoms with van der Waals surface area (Å²) < 4.78 is 39.3. The molecule has 31 heavy (non-hydrogen) atoms. The molecule has 0 aromatic heterocycles. The number of amides is 1. The summed E-state index contributed by atoms with van der Waals surface area (Å²) in [7, 11) is 1.28. The van der Waals surface area contributed by atoms with Gasteiger partial charge in [-0.1, -0.05) is 0 Å². The van der Waals surface area contributed by atoms with Gasteiger partial charge in [-0.25, -0.2) is 4.79 Å². The summed E-state index contributed by atoms with van der Waals surface area (Å²) in [6.45, 7) is -1.33. The van der Waals surface area contributed by atoms with Crippen molar-refractivity contribution in [1.82, 2.24) is 5.32 Å². The highest BCUT2D eigenvalue weighted by Gasteiger charge is 2.53. The standard InChI is InChI=1S/C23H29F2NO5/c1-13(23-9-14-5-15(10-23)7-16(6-14)11-23)26-20(27)12-30-21(28)17-3-4-18(31-22(24)25)19(8-17)29-2/h3-4,8,13-16,22H,5-7,9-12H2,1-2H3,(H,26,27). The number of methoxy groups -OCH3 is 1. The van der Waals surface area contributed by atoms with Crippen molar-refractivity contribution in [2.24, 2.45) is 23.2 Å². The second kappa shape index (κ2) is 8.63. The fourth-order valence-electron chi connectivity index (χ4n) is 6.35. The summed E-state index contributed by atoms with van der Waals surface area (Å²) in [6.07, 6.45) is 7.53. The molecule has 8 heteroatoms. The summed E-state index contributed by atoms with van der Waals surface area (Å²) >= 11 is 0. The molecular formula is C23H29F2NO5. The molecule has 1 unspecified atom stereocenters. The van der Waals surface area contributed by atoms with Crippen LogP contribution in [0.3, 0.4) is 0 Å². The molecule has 4 bridgehead atoms. The number of nitrogens with one attached hydrogen (secondary N) is 1. The normalized spacial score (nSPS) is 29.5. The molecule has 4 saturated carbocycles. The van der Waals surface area contributed by atoms with E-state index in [2.05, 4.69) is 17.0 Å². The highest BCUT2D eigenvalue weighted by molar-refractivity contribution is 5.92. The van der Waals surface area contributed by atoms with E-state index in [0.29, 0.717) is 0 Å². The highest BCUT2D eigenvalue weighted by Crippen LogP contribution is 2.61. The first-order valence-corrected chi connectivity index (χ1v) is 10.9. The number of benzene rings is 1. The Morgan fingerprint density at radius 3 is 2.26 bits per heavy atom. The van der Waals surface area contributed by atoms with Gasteiger partial charge >= 0.3 is 12.6 Å². The Morgan fingerprint density at radius 1 is 1.10 bits per heavy atom. The van der Waals surface area contributed by atoms with Crippen LogP contribution in [-0.2, 0) is 9.53 Å². The minimum atomic E-state index is -3.01. The zero-order valence-corrected chi connectivity index (χ0v) is 17.9. The first-order valence-electron chi connectivity index (χ1n) is 10.9. The van der Waals surface area contributed by atoms with Crippen molar-refractivity contribution >= 4 is 11.9 Å². The Kier molecular flexibility index (Phi) is 6.08. The number of hydrogen-bond acceptors (Lipinski definition) is 5. The fourth-order valence-corrected chi connectivity index (χ4v) is 6.35. The first kappa shape index (κ1) is 21.8. The number of carbonyl (C=O) groups is 2. The lowest BCUT2D eigenvalue weighted by Gasteiger charge is -2.59. The quantitative estimate of drug-likeness (QED) is 0.618. The summed E-state index contributed by atoms with van der Waals surface area (Å²) in [5.41, 5.74) is 0.253. The molecule has 1 amide bonds. The molecule has 170 valence electrons. The van der Waals surface area contributed by atoms with Crippen LogP contribution in [0, 0.1) is 23.2 Å². The van der Waals surface area contributed by atoms with Crippen molar-refractivity contribution in [2.45, 2.75) is 58.1 Å². The van der Waals surface area contributed by atoms with Crippen LogP contribution in [0.15, 0.2) is 18.2 Å². The maximum Gasteiger partial charge on any atom is 0.387 e. The van der Waals surface area contributed by atoms with E-state index in [0.717, 1.165) is 17.8 Å². The molecule has 4 fully saturated rings. The summed E-state index contributed by atoms with van der Waals surface area (Å²) in [4.78, 5) is 24.8. The third-order valence-electron chi connectivity index (χ3n) is 7.33. The van der Waals surface area contributed by atoms with Gasteiger partial charge in [0.1, 0.15) is 0 Å². The molecule has 0 radical (unpaired) electrons. The van der Waals surface area contributed by atoms with Gasteiger partial charge < -0.3 is 19.5 Å². The van der Waals surface area contributed by atoms with Crippen LogP contribution in [-0.4, -0.2) is 38.2 Å². The van der Waals surface area contributed by atoms with Crippen LogP contribution >= 0.6 is 0 Å². The number of halogens is 2. The third-order valence-corrected chi connectivity index (χ3v) is 7.33. The molecular weight excluding hydrogens is 408 g/mol. The number of ether oxygens (including phenoxy) is 3. The van der Waals surface area contributed by atoms with E-state index in [9.17, 15) is 18.4 Å². The van der Waals surface area contributed by atoms with Crippen molar-refractivity contribution < 1.29 is 32.6 Å². The predicted molar refractivity (Wildman–Crippen MR) is 108 cm³/mol. The number of carbonyl (C=O) groups excluding carboxylic acids is 2. The van der Waals surface area contributed by atoms with Crippen LogP contribution in [0.25, 0.3) is 0 Å². The minimum Gasteiger partial charge on any atom is -0.493 e. The molecule has 1 atom stereocenters. The zero-order chi connectivity index (χ0) is 22.2. The van der Waals surface area contributed by atoms with Gasteiger partial charge in [-0.15, -0.1) is 0 Å². The number of esters is 1. The molecule has 1 aromatic rings. The minimum absolute atomic E-state index is 0.0189. The lowest BCUT2D eigenvalue weighted by Crippen LogP contribution is -2.56. The second-order valence-electron chi connectivity index (χ2n) is 9.39. The van der Waals surface area contributed by atoms with Crippen LogP contribution in [0.1, 0.15) is 55.8 Å². The van der Waals surface area contributed by atoms with Gasteiger partial charge in [-0.05, 0) is 86.8 Å².